The van der Waals surface area contributed by atoms with Crippen LogP contribution in [0.2, 0.25) is 0 Å². The lowest BCUT2D eigenvalue weighted by molar-refractivity contribution is -0.116. The molecule has 0 bridgehead atoms. The quantitative estimate of drug-likeness (QED) is 0.498. The van der Waals surface area contributed by atoms with Gasteiger partial charge >= 0.3 is 0 Å². The Labute approximate surface area is 178 Å². The molecule has 3 rings (SSSR count). The van der Waals surface area contributed by atoms with Gasteiger partial charge in [0.15, 0.2) is 5.78 Å². The average Bonchev–Trinajstić information content (AvgIpc) is 3.21. The zero-order valence-electron chi connectivity index (χ0n) is 17.9. The molecule has 3 aromatic rings. The first kappa shape index (κ1) is 21.5. The Bertz CT molecular complexity index is 1000. The molecule has 0 aliphatic carbocycles. The lowest BCUT2D eigenvalue weighted by Crippen LogP contribution is -2.14. The lowest BCUT2D eigenvalue weighted by Gasteiger charge is -2.12. The number of ketones is 1. The maximum Gasteiger partial charge on any atom is 0.224 e. The Kier molecular flexibility index (Phi) is 7.17. The highest BCUT2D eigenvalue weighted by Gasteiger charge is 2.11. The number of carbonyl (C=O) groups excluding carboxylic acids is 2. The standard InChI is InChI=1S/C25H29N3O2/c1-4-19-8-10-21(11-9-19)23(29)12-13-24(30)27-22-7-5-6-20(16-22)17-28-15-14-26-25(28)18(2)3/h5-11,14-16,18H,4,12-13,17H2,1-3H3,(H,27,30). The first-order valence-corrected chi connectivity index (χ1v) is 10.5. The van der Waals surface area contributed by atoms with E-state index in [9.17, 15) is 9.59 Å². The summed E-state index contributed by atoms with van der Waals surface area (Å²) in [7, 11) is 0. The van der Waals surface area contributed by atoms with Crippen LogP contribution in [0.5, 0.6) is 0 Å². The molecule has 0 saturated heterocycles. The highest BCUT2D eigenvalue weighted by atomic mass is 16.2. The number of aryl methyl sites for hydroxylation is 1. The normalized spacial score (nSPS) is 10.9. The van der Waals surface area contributed by atoms with Crippen LogP contribution in [-0.4, -0.2) is 21.2 Å². The van der Waals surface area contributed by atoms with Gasteiger partial charge in [-0.25, -0.2) is 4.98 Å². The Balaban J connectivity index is 1.55. The summed E-state index contributed by atoms with van der Waals surface area (Å²) in [4.78, 5) is 29.1. The second kappa shape index (κ2) is 10.0. The molecule has 30 heavy (non-hydrogen) atoms. The SMILES string of the molecule is CCc1ccc(C(=O)CCC(=O)Nc2cccc(Cn3ccnc3C(C)C)c2)cc1. The third-order valence-corrected chi connectivity index (χ3v) is 5.09. The smallest absolute Gasteiger partial charge is 0.224 e. The molecule has 1 N–H and O–H groups in total. The monoisotopic (exact) mass is 403 g/mol. The number of imidazole rings is 1. The van der Waals surface area contributed by atoms with Crippen LogP contribution in [0.4, 0.5) is 5.69 Å². The van der Waals surface area contributed by atoms with Gasteiger partial charge in [-0.1, -0.05) is 57.2 Å². The van der Waals surface area contributed by atoms with Crippen molar-refractivity contribution in [2.75, 3.05) is 5.32 Å². The van der Waals surface area contributed by atoms with Gasteiger partial charge in [0.25, 0.3) is 0 Å². The molecule has 0 unspecified atom stereocenters. The molecular weight excluding hydrogens is 374 g/mol. The molecule has 0 aliphatic rings. The number of carbonyl (C=O) groups is 2. The molecule has 2 aromatic carbocycles. The van der Waals surface area contributed by atoms with Crippen molar-refractivity contribution in [1.82, 2.24) is 9.55 Å². The summed E-state index contributed by atoms with van der Waals surface area (Å²) < 4.78 is 2.12. The topological polar surface area (TPSA) is 64.0 Å². The summed E-state index contributed by atoms with van der Waals surface area (Å²) in [6.45, 7) is 7.02. The van der Waals surface area contributed by atoms with Gasteiger partial charge in [0.1, 0.15) is 5.82 Å². The number of Topliss-reactive ketones (excluding diaryl/α,β-unsaturated/α-hetero) is 1. The number of nitrogens with zero attached hydrogens (tertiary/aromatic N) is 2. The van der Waals surface area contributed by atoms with E-state index in [1.807, 2.05) is 60.9 Å². The molecule has 0 fully saturated rings. The van der Waals surface area contributed by atoms with Crippen LogP contribution >= 0.6 is 0 Å². The van der Waals surface area contributed by atoms with Crippen molar-refractivity contribution < 1.29 is 9.59 Å². The second-order valence-electron chi connectivity index (χ2n) is 7.79. The number of hydrogen-bond donors (Lipinski definition) is 1. The van der Waals surface area contributed by atoms with Crippen molar-refractivity contribution >= 4 is 17.4 Å². The third kappa shape index (κ3) is 5.66. The predicted octanol–water partition coefficient (Wildman–Crippen LogP) is 5.22. The number of hydrogen-bond acceptors (Lipinski definition) is 3. The molecule has 1 amide bonds. The first-order valence-electron chi connectivity index (χ1n) is 10.5. The summed E-state index contributed by atoms with van der Waals surface area (Å²) in [6, 6.07) is 15.4. The third-order valence-electron chi connectivity index (χ3n) is 5.09. The van der Waals surface area contributed by atoms with Crippen LogP contribution in [0.15, 0.2) is 60.9 Å². The molecule has 0 saturated carbocycles. The fraction of sp³-hybridized carbons (Fsp3) is 0.320. The summed E-state index contributed by atoms with van der Waals surface area (Å²) in [5, 5.41) is 2.91. The van der Waals surface area contributed by atoms with Crippen molar-refractivity contribution in [1.29, 1.82) is 0 Å². The van der Waals surface area contributed by atoms with Gasteiger partial charge in [-0.05, 0) is 29.7 Å². The summed E-state index contributed by atoms with van der Waals surface area (Å²) in [5.74, 6) is 1.22. The minimum Gasteiger partial charge on any atom is -0.330 e. The lowest BCUT2D eigenvalue weighted by atomic mass is 10.0. The van der Waals surface area contributed by atoms with Gasteiger partial charge in [-0.2, -0.15) is 0 Å². The molecule has 0 spiro atoms. The largest absolute Gasteiger partial charge is 0.330 e. The molecule has 1 aromatic heterocycles. The Hall–Kier alpha value is -3.21. The Morgan fingerprint density at radius 2 is 1.80 bits per heavy atom. The van der Waals surface area contributed by atoms with E-state index < -0.39 is 0 Å². The highest BCUT2D eigenvalue weighted by molar-refractivity contribution is 6.00. The number of nitrogens with one attached hydrogen (secondary N) is 1. The molecular formula is C25H29N3O2. The van der Waals surface area contributed by atoms with E-state index in [4.69, 9.17) is 0 Å². The van der Waals surface area contributed by atoms with Crippen LogP contribution < -0.4 is 5.32 Å². The fourth-order valence-electron chi connectivity index (χ4n) is 3.42. The van der Waals surface area contributed by atoms with Crippen molar-refractivity contribution in [2.24, 2.45) is 0 Å². The minimum atomic E-state index is -0.156. The molecule has 156 valence electrons. The van der Waals surface area contributed by atoms with E-state index in [-0.39, 0.29) is 24.5 Å². The van der Waals surface area contributed by atoms with E-state index in [0.29, 0.717) is 18.0 Å². The number of benzene rings is 2. The van der Waals surface area contributed by atoms with E-state index in [0.717, 1.165) is 23.5 Å². The average molecular weight is 404 g/mol. The number of aromatic nitrogens is 2. The van der Waals surface area contributed by atoms with Crippen molar-refractivity contribution in [3.8, 4) is 0 Å². The molecule has 5 nitrogen and oxygen atoms in total. The first-order chi connectivity index (χ1) is 14.5. The summed E-state index contributed by atoms with van der Waals surface area (Å²) in [6.07, 6.45) is 5.09. The van der Waals surface area contributed by atoms with Gasteiger partial charge in [0.2, 0.25) is 5.91 Å². The van der Waals surface area contributed by atoms with E-state index >= 15 is 0 Å². The van der Waals surface area contributed by atoms with Crippen molar-refractivity contribution in [3.05, 3.63) is 83.4 Å². The van der Waals surface area contributed by atoms with Crippen LogP contribution in [0.3, 0.4) is 0 Å². The van der Waals surface area contributed by atoms with E-state index in [1.54, 1.807) is 0 Å². The fourth-order valence-corrected chi connectivity index (χ4v) is 3.42. The minimum absolute atomic E-state index is 0.0112. The van der Waals surface area contributed by atoms with Crippen molar-refractivity contribution in [2.45, 2.75) is 52.5 Å². The second-order valence-corrected chi connectivity index (χ2v) is 7.79. The van der Waals surface area contributed by atoms with Crippen LogP contribution in [0, 0.1) is 0 Å². The molecule has 0 atom stereocenters. The molecule has 0 aliphatic heterocycles. The maximum absolute atomic E-state index is 12.3. The molecule has 0 radical (unpaired) electrons. The zero-order chi connectivity index (χ0) is 21.5. The zero-order valence-corrected chi connectivity index (χ0v) is 17.9. The van der Waals surface area contributed by atoms with Crippen LogP contribution in [0.25, 0.3) is 0 Å². The van der Waals surface area contributed by atoms with Gasteiger partial charge in [0.05, 0.1) is 0 Å². The Morgan fingerprint density at radius 1 is 1.03 bits per heavy atom. The Morgan fingerprint density at radius 3 is 2.50 bits per heavy atom. The van der Waals surface area contributed by atoms with E-state index in [1.165, 1.54) is 5.56 Å². The molecule has 5 heteroatoms. The number of amides is 1. The van der Waals surface area contributed by atoms with Gasteiger partial charge in [-0.3, -0.25) is 9.59 Å². The van der Waals surface area contributed by atoms with Gasteiger partial charge in [0, 0.05) is 48.9 Å². The summed E-state index contributed by atoms with van der Waals surface area (Å²) in [5.41, 5.74) is 3.67. The maximum atomic E-state index is 12.3. The van der Waals surface area contributed by atoms with Gasteiger partial charge < -0.3 is 9.88 Å². The number of rotatable bonds is 9. The van der Waals surface area contributed by atoms with Crippen LogP contribution in [-0.2, 0) is 17.8 Å². The highest BCUT2D eigenvalue weighted by Crippen LogP contribution is 2.17. The van der Waals surface area contributed by atoms with Crippen molar-refractivity contribution in [3.63, 3.8) is 0 Å². The van der Waals surface area contributed by atoms with Gasteiger partial charge in [-0.15, -0.1) is 0 Å². The summed E-state index contributed by atoms with van der Waals surface area (Å²) >= 11 is 0. The van der Waals surface area contributed by atoms with E-state index in [2.05, 4.69) is 35.6 Å². The molecule has 1 heterocycles. The number of anilines is 1. The predicted molar refractivity (Wildman–Crippen MR) is 120 cm³/mol. The van der Waals surface area contributed by atoms with Crippen LogP contribution in [0.1, 0.15) is 66.8 Å².